The molecule has 5 heteroatoms. The van der Waals surface area contributed by atoms with Crippen molar-refractivity contribution in [1.29, 1.82) is 0 Å². The van der Waals surface area contributed by atoms with Gasteiger partial charge in [-0.3, -0.25) is 4.90 Å². The first-order valence-corrected chi connectivity index (χ1v) is 11.1. The van der Waals surface area contributed by atoms with Crippen molar-refractivity contribution < 1.29 is 9.18 Å². The summed E-state index contributed by atoms with van der Waals surface area (Å²) in [5.41, 5.74) is 5.47. The Bertz CT molecular complexity index is 1310. The Hall–Kier alpha value is -3.31. The zero-order valence-electron chi connectivity index (χ0n) is 17.9. The summed E-state index contributed by atoms with van der Waals surface area (Å²) >= 11 is 0. The zero-order valence-corrected chi connectivity index (χ0v) is 17.9. The van der Waals surface area contributed by atoms with E-state index in [4.69, 9.17) is 0 Å². The van der Waals surface area contributed by atoms with Gasteiger partial charge in [0.1, 0.15) is 12.1 Å². The normalized spacial score (nSPS) is 24.6. The predicted molar refractivity (Wildman–Crippen MR) is 122 cm³/mol. The zero-order chi connectivity index (χ0) is 21.9. The smallest absolute Gasteiger partial charge is 0.124 e. The summed E-state index contributed by atoms with van der Waals surface area (Å²) in [6.45, 7) is 4.89. The Morgan fingerprint density at radius 2 is 1.91 bits per heavy atom. The van der Waals surface area contributed by atoms with E-state index in [-0.39, 0.29) is 17.2 Å². The predicted octanol–water partition coefficient (Wildman–Crippen LogP) is 4.67. The number of likely N-dealkylation sites (tertiary alicyclic amines) is 1. The van der Waals surface area contributed by atoms with Gasteiger partial charge in [0.25, 0.3) is 0 Å². The number of carbonyl (C=O) groups is 1. The summed E-state index contributed by atoms with van der Waals surface area (Å²) in [5.74, 6) is 0.188. The summed E-state index contributed by atoms with van der Waals surface area (Å²) in [5, 5.41) is 5.61. The monoisotopic (exact) mass is 425 g/mol. The summed E-state index contributed by atoms with van der Waals surface area (Å²) in [6.07, 6.45) is 3.03. The van der Waals surface area contributed by atoms with Crippen LogP contribution < -0.4 is 0 Å². The Morgan fingerprint density at radius 1 is 1.12 bits per heavy atom. The molecule has 0 radical (unpaired) electrons. The topological polar surface area (TPSA) is 38.1 Å². The first-order valence-electron chi connectivity index (χ1n) is 11.1. The molecule has 1 saturated carbocycles. The third kappa shape index (κ3) is 2.84. The highest BCUT2D eigenvalue weighted by atomic mass is 19.1. The molecule has 4 nitrogen and oxygen atoms in total. The number of piperidine rings is 1. The Kier molecular flexibility index (Phi) is 4.30. The van der Waals surface area contributed by atoms with Gasteiger partial charge in [0.2, 0.25) is 0 Å². The molecule has 2 aliphatic rings. The molecule has 1 aliphatic carbocycles. The van der Waals surface area contributed by atoms with E-state index in [0.29, 0.717) is 5.92 Å². The molecule has 2 heterocycles. The van der Waals surface area contributed by atoms with Crippen molar-refractivity contribution in [3.05, 3.63) is 95.4 Å². The SMILES string of the molecule is Cc1cc2c(cnn2-c2ccc(F)cc2)cc1[C@@]12CN(Cc3ccccc3)C[C@@H]1[C@H]2C=O. The fourth-order valence-corrected chi connectivity index (χ4v) is 5.87. The molecule has 2 fully saturated rings. The van der Waals surface area contributed by atoms with Gasteiger partial charge in [-0.25, -0.2) is 9.07 Å². The lowest BCUT2D eigenvalue weighted by Crippen LogP contribution is -2.29. The Morgan fingerprint density at radius 3 is 2.66 bits per heavy atom. The van der Waals surface area contributed by atoms with Crippen LogP contribution in [-0.2, 0) is 16.8 Å². The van der Waals surface area contributed by atoms with Crippen molar-refractivity contribution in [2.24, 2.45) is 11.8 Å². The van der Waals surface area contributed by atoms with Crippen LogP contribution in [0.4, 0.5) is 4.39 Å². The van der Waals surface area contributed by atoms with Crippen molar-refractivity contribution in [2.75, 3.05) is 13.1 Å². The molecule has 1 aliphatic heterocycles. The second-order valence-corrected chi connectivity index (χ2v) is 9.22. The highest BCUT2D eigenvalue weighted by molar-refractivity contribution is 5.83. The largest absolute Gasteiger partial charge is 0.303 e. The van der Waals surface area contributed by atoms with Crippen LogP contribution in [0.5, 0.6) is 0 Å². The number of nitrogens with zero attached hydrogens (tertiary/aromatic N) is 3. The van der Waals surface area contributed by atoms with Gasteiger partial charge in [0.05, 0.1) is 17.4 Å². The maximum absolute atomic E-state index is 13.4. The standard InChI is InChI=1S/C27H24FN3O/c1-18-11-26-20(13-29-31(26)22-9-7-21(28)8-10-22)12-23(18)27-17-30(15-24(27)25(27)16-32)14-19-5-3-2-4-6-19/h2-13,16,24-25H,14-15,17H2,1H3/t24-,25-,27+/m1/s1. The number of halogens is 1. The number of hydrogen-bond acceptors (Lipinski definition) is 3. The summed E-state index contributed by atoms with van der Waals surface area (Å²) in [6, 6.07) is 21.3. The number of rotatable bonds is 5. The highest BCUT2D eigenvalue weighted by Crippen LogP contribution is 2.64. The summed E-state index contributed by atoms with van der Waals surface area (Å²) < 4.78 is 15.2. The number of aldehydes is 1. The van der Waals surface area contributed by atoms with Crippen LogP contribution in [0.3, 0.4) is 0 Å². The van der Waals surface area contributed by atoms with E-state index < -0.39 is 0 Å². The quantitative estimate of drug-likeness (QED) is 0.436. The molecule has 0 spiro atoms. The number of aryl methyl sites for hydroxylation is 1. The first kappa shape index (κ1) is 19.4. The van der Waals surface area contributed by atoms with Crippen LogP contribution in [-0.4, -0.2) is 34.1 Å². The minimum Gasteiger partial charge on any atom is -0.303 e. The molecular formula is C27H24FN3O. The van der Waals surface area contributed by atoms with Crippen LogP contribution in [0.15, 0.2) is 72.9 Å². The molecule has 32 heavy (non-hydrogen) atoms. The third-order valence-corrected chi connectivity index (χ3v) is 7.40. The molecular weight excluding hydrogens is 401 g/mol. The molecule has 0 N–H and O–H groups in total. The van der Waals surface area contributed by atoms with Gasteiger partial charge in [-0.05, 0) is 65.9 Å². The lowest BCUT2D eigenvalue weighted by atomic mass is 9.88. The van der Waals surface area contributed by atoms with E-state index in [1.165, 1.54) is 28.8 Å². The minimum atomic E-state index is -0.260. The molecule has 4 aromatic rings. The van der Waals surface area contributed by atoms with E-state index in [1.54, 1.807) is 12.1 Å². The van der Waals surface area contributed by atoms with Crippen molar-refractivity contribution in [3.63, 3.8) is 0 Å². The third-order valence-electron chi connectivity index (χ3n) is 7.40. The molecule has 1 saturated heterocycles. The van der Waals surface area contributed by atoms with E-state index >= 15 is 0 Å². The summed E-state index contributed by atoms with van der Waals surface area (Å²) in [7, 11) is 0. The number of carbonyl (C=O) groups excluding carboxylic acids is 1. The lowest BCUT2D eigenvalue weighted by molar-refractivity contribution is -0.109. The van der Waals surface area contributed by atoms with Gasteiger partial charge in [-0.2, -0.15) is 5.10 Å². The van der Waals surface area contributed by atoms with E-state index in [9.17, 15) is 9.18 Å². The van der Waals surface area contributed by atoms with Gasteiger partial charge in [0, 0.05) is 36.4 Å². The fraction of sp³-hybridized carbons (Fsp3) is 0.259. The van der Waals surface area contributed by atoms with E-state index in [1.807, 2.05) is 16.9 Å². The average molecular weight is 426 g/mol. The number of benzene rings is 3. The number of aromatic nitrogens is 2. The molecule has 1 aromatic heterocycles. The second kappa shape index (κ2) is 7.10. The second-order valence-electron chi connectivity index (χ2n) is 9.22. The molecule has 0 bridgehead atoms. The molecule has 3 atom stereocenters. The first-order chi connectivity index (χ1) is 15.6. The maximum Gasteiger partial charge on any atom is 0.124 e. The lowest BCUT2D eigenvalue weighted by Gasteiger charge is -2.24. The Balaban J connectivity index is 1.36. The fourth-order valence-electron chi connectivity index (χ4n) is 5.87. The molecule has 3 aromatic carbocycles. The average Bonchev–Trinajstić information content (AvgIpc) is 3.07. The van der Waals surface area contributed by atoms with Crippen LogP contribution >= 0.6 is 0 Å². The van der Waals surface area contributed by atoms with Gasteiger partial charge in [-0.1, -0.05) is 30.3 Å². The van der Waals surface area contributed by atoms with Crippen molar-refractivity contribution in [3.8, 4) is 5.69 Å². The van der Waals surface area contributed by atoms with Crippen LogP contribution in [0.2, 0.25) is 0 Å². The Labute approximate surface area is 186 Å². The highest BCUT2D eigenvalue weighted by Gasteiger charge is 2.69. The van der Waals surface area contributed by atoms with Crippen molar-refractivity contribution >= 4 is 17.2 Å². The molecule has 0 unspecified atom stereocenters. The van der Waals surface area contributed by atoms with Gasteiger partial charge in [0.15, 0.2) is 0 Å². The van der Waals surface area contributed by atoms with Gasteiger partial charge >= 0.3 is 0 Å². The maximum atomic E-state index is 13.4. The summed E-state index contributed by atoms with van der Waals surface area (Å²) in [4.78, 5) is 14.4. The van der Waals surface area contributed by atoms with E-state index in [2.05, 4.69) is 53.3 Å². The van der Waals surface area contributed by atoms with Crippen LogP contribution in [0, 0.1) is 24.6 Å². The molecule has 160 valence electrons. The molecule has 0 amide bonds. The van der Waals surface area contributed by atoms with Crippen LogP contribution in [0.1, 0.15) is 16.7 Å². The van der Waals surface area contributed by atoms with Gasteiger partial charge in [-0.15, -0.1) is 0 Å². The molecule has 6 rings (SSSR count). The van der Waals surface area contributed by atoms with E-state index in [0.717, 1.165) is 42.5 Å². The van der Waals surface area contributed by atoms with Crippen LogP contribution in [0.25, 0.3) is 16.6 Å². The van der Waals surface area contributed by atoms with Crippen molar-refractivity contribution in [2.45, 2.75) is 18.9 Å². The minimum absolute atomic E-state index is 0.0813. The number of fused-ring (bicyclic) bond motifs is 2. The van der Waals surface area contributed by atoms with Gasteiger partial charge < -0.3 is 4.79 Å². The number of hydrogen-bond donors (Lipinski definition) is 0. The van der Waals surface area contributed by atoms with Crippen molar-refractivity contribution in [1.82, 2.24) is 14.7 Å².